The van der Waals surface area contributed by atoms with Crippen molar-refractivity contribution < 1.29 is 9.53 Å². The monoisotopic (exact) mass is 209 g/mol. The topological polar surface area (TPSA) is 77.1 Å². The first kappa shape index (κ1) is 13.4. The molecule has 0 aliphatic heterocycles. The molecule has 0 aromatic carbocycles. The van der Waals surface area contributed by atoms with Crippen molar-refractivity contribution in [2.75, 3.05) is 26.3 Å². The SMILES string of the molecule is CCOCC(=O)N(CCC#N)CCC#N. The number of carbonyl (C=O) groups excluding carboxylic acids is 1. The van der Waals surface area contributed by atoms with Gasteiger partial charge in [0.05, 0.1) is 25.0 Å². The van der Waals surface area contributed by atoms with Crippen LogP contribution in [0.15, 0.2) is 0 Å². The van der Waals surface area contributed by atoms with E-state index < -0.39 is 0 Å². The Hall–Kier alpha value is -1.59. The number of hydrogen-bond donors (Lipinski definition) is 0. The third kappa shape index (κ3) is 6.48. The molecule has 0 saturated heterocycles. The molecule has 0 saturated carbocycles. The van der Waals surface area contributed by atoms with E-state index >= 15 is 0 Å². The van der Waals surface area contributed by atoms with Crippen molar-refractivity contribution in [2.45, 2.75) is 19.8 Å². The fraction of sp³-hybridized carbons (Fsp3) is 0.700. The summed E-state index contributed by atoms with van der Waals surface area (Å²) in [5.74, 6) is -0.164. The lowest BCUT2D eigenvalue weighted by atomic mass is 10.3. The van der Waals surface area contributed by atoms with Crippen LogP contribution in [0.3, 0.4) is 0 Å². The summed E-state index contributed by atoms with van der Waals surface area (Å²) in [6.45, 7) is 3.04. The van der Waals surface area contributed by atoms with E-state index in [1.807, 2.05) is 19.1 Å². The zero-order chi connectivity index (χ0) is 11.5. The highest BCUT2D eigenvalue weighted by Crippen LogP contribution is 1.95. The summed E-state index contributed by atoms with van der Waals surface area (Å²) in [7, 11) is 0. The summed E-state index contributed by atoms with van der Waals surface area (Å²) in [5, 5.41) is 16.8. The Balaban J connectivity index is 4.04. The van der Waals surface area contributed by atoms with E-state index in [9.17, 15) is 4.79 Å². The van der Waals surface area contributed by atoms with Crippen molar-refractivity contribution in [1.29, 1.82) is 10.5 Å². The maximum atomic E-state index is 11.5. The largest absolute Gasteiger partial charge is 0.372 e. The first-order valence-corrected chi connectivity index (χ1v) is 4.85. The molecule has 0 fully saturated rings. The molecule has 0 aliphatic rings. The van der Waals surface area contributed by atoms with Gasteiger partial charge in [-0.25, -0.2) is 0 Å². The van der Waals surface area contributed by atoms with Gasteiger partial charge in [-0.1, -0.05) is 0 Å². The molecule has 0 spiro atoms. The highest BCUT2D eigenvalue weighted by atomic mass is 16.5. The molecule has 0 unspecified atom stereocenters. The lowest BCUT2D eigenvalue weighted by Gasteiger charge is -2.19. The molecule has 1 amide bonds. The van der Waals surface area contributed by atoms with Crippen LogP contribution in [0.25, 0.3) is 0 Å². The Kier molecular flexibility index (Phi) is 8.03. The van der Waals surface area contributed by atoms with E-state index in [0.717, 1.165) is 0 Å². The second-order valence-electron chi connectivity index (χ2n) is 2.83. The van der Waals surface area contributed by atoms with Crippen LogP contribution in [-0.4, -0.2) is 37.1 Å². The number of amides is 1. The summed E-state index contributed by atoms with van der Waals surface area (Å²) in [6.07, 6.45) is 0.562. The fourth-order valence-electron chi connectivity index (χ4n) is 1.01. The zero-order valence-electron chi connectivity index (χ0n) is 8.90. The van der Waals surface area contributed by atoms with Crippen LogP contribution in [0.4, 0.5) is 0 Å². The smallest absolute Gasteiger partial charge is 0.248 e. The summed E-state index contributed by atoms with van der Waals surface area (Å²) >= 11 is 0. The Morgan fingerprint density at radius 3 is 2.20 bits per heavy atom. The van der Waals surface area contributed by atoms with Gasteiger partial charge in [0.15, 0.2) is 0 Å². The maximum absolute atomic E-state index is 11.5. The average molecular weight is 209 g/mol. The molecule has 0 atom stereocenters. The lowest BCUT2D eigenvalue weighted by molar-refractivity contribution is -0.135. The number of rotatable bonds is 7. The Labute approximate surface area is 89.8 Å². The predicted molar refractivity (Wildman–Crippen MR) is 53.5 cm³/mol. The standard InChI is InChI=1S/C10H15N3O2/c1-2-15-9-10(14)13(7-3-5-11)8-4-6-12/h2-4,7-9H2,1H3. The second-order valence-corrected chi connectivity index (χ2v) is 2.83. The van der Waals surface area contributed by atoms with Gasteiger partial charge in [0.1, 0.15) is 6.61 Å². The predicted octanol–water partition coefficient (Wildman–Crippen LogP) is 0.679. The maximum Gasteiger partial charge on any atom is 0.248 e. The first-order valence-electron chi connectivity index (χ1n) is 4.85. The first-order chi connectivity index (χ1) is 7.26. The van der Waals surface area contributed by atoms with Crippen molar-refractivity contribution >= 4 is 5.91 Å². The number of nitrogens with zero attached hydrogens (tertiary/aromatic N) is 3. The highest BCUT2D eigenvalue weighted by Gasteiger charge is 2.12. The van der Waals surface area contributed by atoms with Crippen LogP contribution in [-0.2, 0) is 9.53 Å². The van der Waals surface area contributed by atoms with Gasteiger partial charge in [-0.3, -0.25) is 4.79 Å². The lowest BCUT2D eigenvalue weighted by Crippen LogP contribution is -2.35. The Morgan fingerprint density at radius 1 is 1.27 bits per heavy atom. The molecule has 5 nitrogen and oxygen atoms in total. The van der Waals surface area contributed by atoms with E-state index in [2.05, 4.69) is 0 Å². The van der Waals surface area contributed by atoms with Gasteiger partial charge in [-0.2, -0.15) is 10.5 Å². The van der Waals surface area contributed by atoms with E-state index in [0.29, 0.717) is 19.7 Å². The molecular formula is C10H15N3O2. The quantitative estimate of drug-likeness (QED) is 0.617. The van der Waals surface area contributed by atoms with Gasteiger partial charge in [-0.15, -0.1) is 0 Å². The summed E-state index contributed by atoms with van der Waals surface area (Å²) in [6, 6.07) is 3.94. The second kappa shape index (κ2) is 8.98. The Bertz CT molecular complexity index is 247. The van der Waals surface area contributed by atoms with E-state index in [1.54, 1.807) is 0 Å². The summed E-state index contributed by atoms with van der Waals surface area (Å²) < 4.78 is 4.98. The van der Waals surface area contributed by atoms with Gasteiger partial charge in [0, 0.05) is 19.7 Å². The number of nitriles is 2. The molecule has 5 heteroatoms. The molecule has 0 aromatic rings. The molecule has 15 heavy (non-hydrogen) atoms. The van der Waals surface area contributed by atoms with Crippen LogP contribution >= 0.6 is 0 Å². The van der Waals surface area contributed by atoms with Gasteiger partial charge in [0.2, 0.25) is 5.91 Å². The van der Waals surface area contributed by atoms with Crippen LogP contribution < -0.4 is 0 Å². The van der Waals surface area contributed by atoms with Gasteiger partial charge in [-0.05, 0) is 6.92 Å². The van der Waals surface area contributed by atoms with Crippen LogP contribution in [0.2, 0.25) is 0 Å². The fourth-order valence-corrected chi connectivity index (χ4v) is 1.01. The van der Waals surface area contributed by atoms with Gasteiger partial charge < -0.3 is 9.64 Å². The van der Waals surface area contributed by atoms with Crippen molar-refractivity contribution in [3.05, 3.63) is 0 Å². The van der Waals surface area contributed by atoms with Crippen LogP contribution in [0, 0.1) is 22.7 Å². The molecule has 0 rings (SSSR count). The Morgan fingerprint density at radius 2 is 1.80 bits per heavy atom. The van der Waals surface area contributed by atoms with E-state index in [1.165, 1.54) is 4.90 Å². The van der Waals surface area contributed by atoms with E-state index in [4.69, 9.17) is 15.3 Å². The van der Waals surface area contributed by atoms with Gasteiger partial charge in [0.25, 0.3) is 0 Å². The van der Waals surface area contributed by atoms with Crippen LogP contribution in [0.5, 0.6) is 0 Å². The molecule has 0 N–H and O–H groups in total. The third-order valence-corrected chi connectivity index (χ3v) is 1.77. The third-order valence-electron chi connectivity index (χ3n) is 1.77. The molecule has 0 bridgehead atoms. The van der Waals surface area contributed by atoms with Crippen molar-refractivity contribution in [3.8, 4) is 12.1 Å². The minimum absolute atomic E-state index is 0.0212. The van der Waals surface area contributed by atoms with Crippen molar-refractivity contribution in [1.82, 2.24) is 4.90 Å². The zero-order valence-corrected chi connectivity index (χ0v) is 8.90. The normalized spacial score (nSPS) is 9.00. The average Bonchev–Trinajstić information content (AvgIpc) is 2.26. The minimum atomic E-state index is -0.164. The summed E-state index contributed by atoms with van der Waals surface area (Å²) in [4.78, 5) is 13.0. The molecular weight excluding hydrogens is 194 g/mol. The number of ether oxygens (including phenoxy) is 1. The number of carbonyl (C=O) groups is 1. The molecule has 0 radical (unpaired) electrons. The summed E-state index contributed by atoms with van der Waals surface area (Å²) in [5.41, 5.74) is 0. The molecule has 0 aliphatic carbocycles. The molecule has 0 heterocycles. The van der Waals surface area contributed by atoms with Crippen molar-refractivity contribution in [2.24, 2.45) is 0 Å². The van der Waals surface area contributed by atoms with Crippen molar-refractivity contribution in [3.63, 3.8) is 0 Å². The van der Waals surface area contributed by atoms with Gasteiger partial charge >= 0.3 is 0 Å². The minimum Gasteiger partial charge on any atom is -0.372 e. The highest BCUT2D eigenvalue weighted by molar-refractivity contribution is 5.77. The van der Waals surface area contributed by atoms with Crippen LogP contribution in [0.1, 0.15) is 19.8 Å². The number of hydrogen-bond acceptors (Lipinski definition) is 4. The molecule has 82 valence electrons. The van der Waals surface area contributed by atoms with E-state index in [-0.39, 0.29) is 25.4 Å². The molecule has 0 aromatic heterocycles.